The van der Waals surface area contributed by atoms with Gasteiger partial charge in [-0.3, -0.25) is 19.7 Å². The second-order valence-electron chi connectivity index (χ2n) is 6.59. The number of amides is 2. The number of fused-ring (bicyclic) bond motifs is 1. The Bertz CT molecular complexity index is 1010. The Morgan fingerprint density at radius 1 is 1.32 bits per heavy atom. The average molecular weight is 381 g/mol. The van der Waals surface area contributed by atoms with E-state index in [1.54, 1.807) is 15.8 Å². The lowest BCUT2D eigenvalue weighted by Crippen LogP contribution is -2.37. The van der Waals surface area contributed by atoms with E-state index in [-0.39, 0.29) is 17.9 Å². The number of hydrogen-bond acceptors (Lipinski definition) is 7. The van der Waals surface area contributed by atoms with Crippen LogP contribution in [0.5, 0.6) is 0 Å². The number of hydrogen-bond donors (Lipinski definition) is 2. The first-order valence-electron chi connectivity index (χ1n) is 8.80. The SMILES string of the molecule is CC(NC(=O)c1n[nH]c2c1CCN(C(=O)c1cnccn1)C2)c1nncn1C. The molecule has 28 heavy (non-hydrogen) atoms. The minimum atomic E-state index is -0.314. The van der Waals surface area contributed by atoms with Crippen molar-refractivity contribution in [2.45, 2.75) is 25.9 Å². The van der Waals surface area contributed by atoms with Gasteiger partial charge >= 0.3 is 0 Å². The normalized spacial score (nSPS) is 14.4. The third-order valence-electron chi connectivity index (χ3n) is 4.70. The van der Waals surface area contributed by atoms with Crippen molar-refractivity contribution in [3.63, 3.8) is 0 Å². The highest BCUT2D eigenvalue weighted by Gasteiger charge is 2.29. The Morgan fingerprint density at radius 2 is 2.18 bits per heavy atom. The van der Waals surface area contributed by atoms with Crippen molar-refractivity contribution in [3.05, 3.63) is 53.4 Å². The first kappa shape index (κ1) is 17.8. The molecular weight excluding hydrogens is 362 g/mol. The van der Waals surface area contributed by atoms with Crippen LogP contribution < -0.4 is 5.32 Å². The van der Waals surface area contributed by atoms with Gasteiger partial charge in [0.15, 0.2) is 11.5 Å². The van der Waals surface area contributed by atoms with Crippen molar-refractivity contribution >= 4 is 11.8 Å². The van der Waals surface area contributed by atoms with Gasteiger partial charge in [0, 0.05) is 31.5 Å². The van der Waals surface area contributed by atoms with Crippen molar-refractivity contribution in [1.82, 2.24) is 45.1 Å². The van der Waals surface area contributed by atoms with E-state index in [4.69, 9.17) is 0 Å². The summed E-state index contributed by atoms with van der Waals surface area (Å²) in [4.78, 5) is 34.9. The Kier molecular flexibility index (Phi) is 4.55. The maximum atomic E-state index is 12.7. The van der Waals surface area contributed by atoms with Crippen molar-refractivity contribution in [2.75, 3.05) is 6.54 Å². The molecule has 2 N–H and O–H groups in total. The lowest BCUT2D eigenvalue weighted by Gasteiger charge is -2.26. The lowest BCUT2D eigenvalue weighted by molar-refractivity contribution is 0.0726. The molecule has 1 aliphatic rings. The van der Waals surface area contributed by atoms with E-state index in [1.165, 1.54) is 18.6 Å². The number of nitrogens with zero attached hydrogens (tertiary/aromatic N) is 7. The van der Waals surface area contributed by atoms with Gasteiger partial charge in [0.05, 0.1) is 24.5 Å². The quantitative estimate of drug-likeness (QED) is 0.650. The van der Waals surface area contributed by atoms with E-state index in [0.29, 0.717) is 36.7 Å². The summed E-state index contributed by atoms with van der Waals surface area (Å²) in [6.45, 7) is 2.65. The van der Waals surface area contributed by atoms with Gasteiger partial charge in [-0.1, -0.05) is 0 Å². The highest BCUT2D eigenvalue weighted by atomic mass is 16.2. The number of aryl methyl sites for hydroxylation is 1. The number of rotatable bonds is 4. The molecule has 2 amide bonds. The topological polar surface area (TPSA) is 135 Å². The Hall–Kier alpha value is -3.63. The smallest absolute Gasteiger partial charge is 0.274 e. The van der Waals surface area contributed by atoms with Crippen LogP contribution in [0.1, 0.15) is 51.0 Å². The van der Waals surface area contributed by atoms with Crippen molar-refractivity contribution in [1.29, 1.82) is 0 Å². The van der Waals surface area contributed by atoms with Gasteiger partial charge in [0.1, 0.15) is 12.0 Å². The van der Waals surface area contributed by atoms with Crippen LogP contribution in [0, 0.1) is 0 Å². The summed E-state index contributed by atoms with van der Waals surface area (Å²) in [7, 11) is 1.82. The first-order valence-corrected chi connectivity index (χ1v) is 8.80. The fourth-order valence-electron chi connectivity index (χ4n) is 3.26. The molecule has 1 unspecified atom stereocenters. The molecule has 144 valence electrons. The number of H-pyrrole nitrogens is 1. The largest absolute Gasteiger partial charge is 0.341 e. The molecule has 11 heteroatoms. The molecule has 0 saturated carbocycles. The van der Waals surface area contributed by atoms with Crippen molar-refractivity contribution < 1.29 is 9.59 Å². The molecule has 0 aliphatic carbocycles. The molecule has 1 atom stereocenters. The van der Waals surface area contributed by atoms with Gasteiger partial charge in [-0.2, -0.15) is 5.10 Å². The number of aromatic amines is 1. The monoisotopic (exact) mass is 381 g/mol. The van der Waals surface area contributed by atoms with Crippen molar-refractivity contribution in [3.8, 4) is 0 Å². The number of nitrogens with one attached hydrogen (secondary N) is 2. The molecule has 0 fully saturated rings. The predicted molar refractivity (Wildman–Crippen MR) is 95.9 cm³/mol. The molecule has 1 aliphatic heterocycles. The number of aromatic nitrogens is 7. The first-order chi connectivity index (χ1) is 13.5. The van der Waals surface area contributed by atoms with E-state index < -0.39 is 0 Å². The summed E-state index contributed by atoms with van der Waals surface area (Å²) >= 11 is 0. The molecular formula is C17H19N9O2. The van der Waals surface area contributed by atoms with Crippen LogP contribution in [0.4, 0.5) is 0 Å². The molecule has 0 spiro atoms. The molecule has 0 bridgehead atoms. The van der Waals surface area contributed by atoms with Gasteiger partial charge < -0.3 is 14.8 Å². The average Bonchev–Trinajstić information content (AvgIpc) is 3.33. The van der Waals surface area contributed by atoms with E-state index in [2.05, 4.69) is 35.7 Å². The molecule has 0 aromatic carbocycles. The van der Waals surface area contributed by atoms with Gasteiger partial charge in [-0.15, -0.1) is 10.2 Å². The molecule has 3 aromatic heterocycles. The molecule has 4 rings (SSSR count). The van der Waals surface area contributed by atoms with E-state index >= 15 is 0 Å². The van der Waals surface area contributed by atoms with Crippen LogP contribution in [-0.4, -0.2) is 58.2 Å². The fraction of sp³-hybridized carbons (Fsp3) is 0.353. The third-order valence-corrected chi connectivity index (χ3v) is 4.70. The third kappa shape index (κ3) is 3.21. The highest BCUT2D eigenvalue weighted by molar-refractivity contribution is 5.95. The Balaban J connectivity index is 1.47. The van der Waals surface area contributed by atoms with Crippen LogP contribution in [0.15, 0.2) is 24.9 Å². The standard InChI is InChI=1S/C17H19N9O2/c1-10(15-24-20-9-25(15)2)21-16(27)14-11-3-6-26(8-13(11)22-23-14)17(28)12-7-18-4-5-19-12/h4-5,7,9-10H,3,6,8H2,1-2H3,(H,21,27)(H,22,23). The minimum Gasteiger partial charge on any atom is -0.341 e. The van der Waals surface area contributed by atoms with Gasteiger partial charge in [0.2, 0.25) is 0 Å². The molecule has 0 saturated heterocycles. The van der Waals surface area contributed by atoms with Gasteiger partial charge in [0.25, 0.3) is 11.8 Å². The zero-order valence-electron chi connectivity index (χ0n) is 15.5. The maximum absolute atomic E-state index is 12.7. The molecule has 0 radical (unpaired) electrons. The summed E-state index contributed by atoms with van der Waals surface area (Å²) in [5.74, 6) is 0.162. The second-order valence-corrected chi connectivity index (χ2v) is 6.59. The minimum absolute atomic E-state index is 0.199. The number of carbonyl (C=O) groups is 2. The summed E-state index contributed by atoms with van der Waals surface area (Å²) in [6.07, 6.45) is 6.56. The maximum Gasteiger partial charge on any atom is 0.274 e. The van der Waals surface area contributed by atoms with Crippen LogP contribution in [-0.2, 0) is 20.0 Å². The second kappa shape index (κ2) is 7.18. The van der Waals surface area contributed by atoms with Crippen molar-refractivity contribution in [2.24, 2.45) is 7.05 Å². The summed E-state index contributed by atoms with van der Waals surface area (Å²) in [6, 6.07) is -0.314. The fourth-order valence-corrected chi connectivity index (χ4v) is 3.26. The lowest BCUT2D eigenvalue weighted by atomic mass is 10.0. The van der Waals surface area contributed by atoms with Crippen LogP contribution in [0.25, 0.3) is 0 Å². The zero-order chi connectivity index (χ0) is 19.7. The predicted octanol–water partition coefficient (Wildman–Crippen LogP) is 0.0177. The van der Waals surface area contributed by atoms with Crippen LogP contribution >= 0.6 is 0 Å². The van der Waals surface area contributed by atoms with E-state index in [1.807, 2.05) is 14.0 Å². The van der Waals surface area contributed by atoms with Gasteiger partial charge in [-0.25, -0.2) is 4.98 Å². The van der Waals surface area contributed by atoms with Gasteiger partial charge in [-0.05, 0) is 13.3 Å². The summed E-state index contributed by atoms with van der Waals surface area (Å²) < 4.78 is 1.75. The Morgan fingerprint density at radius 3 is 2.89 bits per heavy atom. The number of carbonyl (C=O) groups excluding carboxylic acids is 2. The Labute approximate surface area is 160 Å². The van der Waals surface area contributed by atoms with E-state index in [9.17, 15) is 9.59 Å². The zero-order valence-corrected chi connectivity index (χ0v) is 15.5. The summed E-state index contributed by atoms with van der Waals surface area (Å²) in [5, 5.41) is 17.8. The molecule has 4 heterocycles. The van der Waals surface area contributed by atoms with Crippen LogP contribution in [0.2, 0.25) is 0 Å². The van der Waals surface area contributed by atoms with E-state index in [0.717, 1.165) is 11.3 Å². The molecule has 3 aromatic rings. The highest BCUT2D eigenvalue weighted by Crippen LogP contribution is 2.22. The summed E-state index contributed by atoms with van der Waals surface area (Å²) in [5.41, 5.74) is 2.21. The molecule has 11 nitrogen and oxygen atoms in total. The van der Waals surface area contributed by atoms with Crippen LogP contribution in [0.3, 0.4) is 0 Å².